The van der Waals surface area contributed by atoms with Crippen LogP contribution in [0.4, 0.5) is 0 Å². The van der Waals surface area contributed by atoms with Gasteiger partial charge in [-0.3, -0.25) is 9.59 Å². The average molecular weight is 515 g/mol. The number of thioether (sulfide) groups is 1. The number of carbonyl (C=O) groups is 3. The van der Waals surface area contributed by atoms with E-state index in [4.69, 9.17) is 4.74 Å². The molecule has 1 heterocycles. The van der Waals surface area contributed by atoms with Gasteiger partial charge in [-0.1, -0.05) is 65.0 Å². The SMILES string of the molecule is CC1(C)C[C@H]2C[C@](C)(CN2C(=O)COC(=O)c2ccccc2SCC(=O)NC2CCCCCCC2)C1. The van der Waals surface area contributed by atoms with Gasteiger partial charge in [0.25, 0.3) is 5.91 Å². The zero-order valence-corrected chi connectivity index (χ0v) is 23.0. The molecule has 1 aromatic rings. The average Bonchev–Trinajstić information content (AvgIpc) is 3.06. The summed E-state index contributed by atoms with van der Waals surface area (Å²) >= 11 is 1.34. The maximum atomic E-state index is 13.0. The van der Waals surface area contributed by atoms with Gasteiger partial charge in [0.15, 0.2) is 6.61 Å². The van der Waals surface area contributed by atoms with Crippen LogP contribution in [0, 0.1) is 10.8 Å². The lowest BCUT2D eigenvalue weighted by Gasteiger charge is -2.39. The Labute approximate surface area is 220 Å². The Kier molecular flexibility index (Phi) is 8.69. The number of esters is 1. The normalized spacial score (nSPS) is 26.1. The number of nitrogens with zero attached hydrogens (tertiary/aromatic N) is 1. The Morgan fingerprint density at radius 2 is 1.72 bits per heavy atom. The second-order valence-electron chi connectivity index (χ2n) is 12.2. The van der Waals surface area contributed by atoms with Crippen molar-refractivity contribution in [2.24, 2.45) is 10.8 Å². The number of amides is 2. The lowest BCUT2D eigenvalue weighted by atomic mass is 9.65. The topological polar surface area (TPSA) is 75.7 Å². The summed E-state index contributed by atoms with van der Waals surface area (Å²) in [4.78, 5) is 41.1. The van der Waals surface area contributed by atoms with Crippen LogP contribution >= 0.6 is 11.8 Å². The lowest BCUT2D eigenvalue weighted by molar-refractivity contribution is -0.135. The van der Waals surface area contributed by atoms with Crippen molar-refractivity contribution in [1.82, 2.24) is 10.2 Å². The third-order valence-corrected chi connectivity index (χ3v) is 9.07. The van der Waals surface area contributed by atoms with E-state index < -0.39 is 5.97 Å². The molecule has 4 rings (SSSR count). The summed E-state index contributed by atoms with van der Waals surface area (Å²) in [7, 11) is 0. The lowest BCUT2D eigenvalue weighted by Crippen LogP contribution is -2.39. The van der Waals surface area contributed by atoms with Crippen molar-refractivity contribution >= 4 is 29.5 Å². The predicted octanol–water partition coefficient (Wildman–Crippen LogP) is 5.59. The van der Waals surface area contributed by atoms with E-state index in [0.717, 1.165) is 38.6 Å². The molecule has 1 N–H and O–H groups in total. The summed E-state index contributed by atoms with van der Waals surface area (Å²) in [5, 5.41) is 3.18. The predicted molar refractivity (Wildman–Crippen MR) is 143 cm³/mol. The molecule has 0 spiro atoms. The van der Waals surface area contributed by atoms with Gasteiger partial charge in [-0.15, -0.1) is 11.8 Å². The summed E-state index contributed by atoms with van der Waals surface area (Å²) in [5.41, 5.74) is 0.773. The van der Waals surface area contributed by atoms with Crippen molar-refractivity contribution in [2.45, 2.75) is 102 Å². The number of hydrogen-bond donors (Lipinski definition) is 1. The first-order valence-corrected chi connectivity index (χ1v) is 14.6. The second-order valence-corrected chi connectivity index (χ2v) is 13.2. The maximum Gasteiger partial charge on any atom is 0.339 e. The van der Waals surface area contributed by atoms with E-state index in [1.54, 1.807) is 12.1 Å². The fourth-order valence-corrected chi connectivity index (χ4v) is 7.67. The maximum absolute atomic E-state index is 13.0. The van der Waals surface area contributed by atoms with Crippen molar-refractivity contribution in [2.75, 3.05) is 18.9 Å². The Bertz CT molecular complexity index is 956. The molecule has 36 heavy (non-hydrogen) atoms. The first-order chi connectivity index (χ1) is 17.1. The van der Waals surface area contributed by atoms with Crippen LogP contribution in [0.3, 0.4) is 0 Å². The Morgan fingerprint density at radius 1 is 1.03 bits per heavy atom. The number of fused-ring (bicyclic) bond motifs is 2. The molecule has 198 valence electrons. The molecule has 3 aliphatic rings. The molecule has 3 fully saturated rings. The van der Waals surface area contributed by atoms with E-state index in [0.29, 0.717) is 10.5 Å². The standard InChI is InChI=1S/C29H42N2O4S/c1-28(2)15-22-16-29(3,19-28)20-31(22)26(33)17-35-27(34)23-13-9-10-14-24(23)36-18-25(32)30-21-11-7-5-4-6-8-12-21/h9-10,13-14,21-22H,4-8,11-12,15-20H2,1-3H3,(H,30,32)/t22-,29-/m0/s1. The molecule has 0 radical (unpaired) electrons. The second kappa shape index (κ2) is 11.6. The van der Waals surface area contributed by atoms with Gasteiger partial charge in [-0.05, 0) is 55.1 Å². The van der Waals surface area contributed by atoms with Crippen molar-refractivity contribution in [3.05, 3.63) is 29.8 Å². The molecular formula is C29H42N2O4S. The van der Waals surface area contributed by atoms with Gasteiger partial charge in [0.1, 0.15) is 0 Å². The number of benzene rings is 1. The van der Waals surface area contributed by atoms with Gasteiger partial charge in [0, 0.05) is 23.5 Å². The van der Waals surface area contributed by atoms with Crippen molar-refractivity contribution < 1.29 is 19.1 Å². The van der Waals surface area contributed by atoms with Crippen LogP contribution in [0.2, 0.25) is 0 Å². The minimum atomic E-state index is -0.513. The third-order valence-electron chi connectivity index (χ3n) is 8.00. The van der Waals surface area contributed by atoms with Crippen LogP contribution in [0.5, 0.6) is 0 Å². The smallest absolute Gasteiger partial charge is 0.339 e. The highest BCUT2D eigenvalue weighted by Crippen LogP contribution is 2.52. The highest BCUT2D eigenvalue weighted by molar-refractivity contribution is 8.00. The number of ether oxygens (including phenoxy) is 1. The molecule has 0 unspecified atom stereocenters. The van der Waals surface area contributed by atoms with Crippen molar-refractivity contribution in [1.29, 1.82) is 0 Å². The summed E-state index contributed by atoms with van der Waals surface area (Å²) in [6, 6.07) is 7.65. The van der Waals surface area contributed by atoms with Crippen LogP contribution in [-0.2, 0) is 14.3 Å². The molecule has 6 nitrogen and oxygen atoms in total. The van der Waals surface area contributed by atoms with Gasteiger partial charge in [-0.25, -0.2) is 4.79 Å². The number of carbonyl (C=O) groups excluding carboxylic acids is 3. The molecule has 2 aliphatic carbocycles. The van der Waals surface area contributed by atoms with Gasteiger partial charge in [0.2, 0.25) is 5.91 Å². The molecule has 1 aromatic carbocycles. The molecule has 2 saturated carbocycles. The van der Waals surface area contributed by atoms with E-state index in [1.165, 1.54) is 43.9 Å². The Hall–Kier alpha value is -2.02. The number of likely N-dealkylation sites (tertiary alicyclic amines) is 1. The highest BCUT2D eigenvalue weighted by atomic mass is 32.2. The third kappa shape index (κ3) is 7.05. The fraction of sp³-hybridized carbons (Fsp3) is 0.690. The van der Waals surface area contributed by atoms with Crippen LogP contribution in [0.1, 0.15) is 95.3 Å². The van der Waals surface area contributed by atoms with Crippen LogP contribution in [0.15, 0.2) is 29.2 Å². The van der Waals surface area contributed by atoms with Gasteiger partial charge in [0.05, 0.1) is 11.3 Å². The van der Waals surface area contributed by atoms with Crippen LogP contribution in [0.25, 0.3) is 0 Å². The molecule has 7 heteroatoms. The Morgan fingerprint density at radius 3 is 2.47 bits per heavy atom. The van der Waals surface area contributed by atoms with Gasteiger partial charge >= 0.3 is 5.97 Å². The van der Waals surface area contributed by atoms with Crippen LogP contribution in [-0.4, -0.2) is 53.7 Å². The monoisotopic (exact) mass is 514 g/mol. The molecule has 2 amide bonds. The van der Waals surface area contributed by atoms with E-state index in [9.17, 15) is 14.4 Å². The quantitative estimate of drug-likeness (QED) is 0.379. The first kappa shape index (κ1) is 27.0. The number of nitrogens with one attached hydrogen (secondary N) is 1. The number of hydrogen-bond acceptors (Lipinski definition) is 5. The van der Waals surface area contributed by atoms with Crippen molar-refractivity contribution in [3.63, 3.8) is 0 Å². The van der Waals surface area contributed by atoms with E-state index in [2.05, 4.69) is 26.1 Å². The molecule has 1 aliphatic heterocycles. The molecule has 0 aromatic heterocycles. The highest BCUT2D eigenvalue weighted by Gasteiger charge is 2.50. The summed E-state index contributed by atoms with van der Waals surface area (Å²) in [6.45, 7) is 7.31. The summed E-state index contributed by atoms with van der Waals surface area (Å²) in [5.74, 6) is -0.372. The number of rotatable bonds is 7. The van der Waals surface area contributed by atoms with E-state index in [-0.39, 0.29) is 47.1 Å². The summed E-state index contributed by atoms with van der Waals surface area (Å²) < 4.78 is 5.49. The molecule has 2 atom stereocenters. The molecule has 2 bridgehead atoms. The van der Waals surface area contributed by atoms with Gasteiger partial charge < -0.3 is 15.0 Å². The van der Waals surface area contributed by atoms with Crippen molar-refractivity contribution in [3.8, 4) is 0 Å². The van der Waals surface area contributed by atoms with E-state index in [1.807, 2.05) is 17.0 Å². The van der Waals surface area contributed by atoms with Crippen LogP contribution < -0.4 is 5.32 Å². The Balaban J connectivity index is 1.28. The fourth-order valence-electron chi connectivity index (χ4n) is 6.81. The summed E-state index contributed by atoms with van der Waals surface area (Å²) in [6.07, 6.45) is 11.3. The minimum Gasteiger partial charge on any atom is -0.452 e. The zero-order chi connectivity index (χ0) is 25.8. The minimum absolute atomic E-state index is 0.000455. The van der Waals surface area contributed by atoms with Gasteiger partial charge in [-0.2, -0.15) is 0 Å². The zero-order valence-electron chi connectivity index (χ0n) is 22.1. The first-order valence-electron chi connectivity index (χ1n) is 13.6. The largest absolute Gasteiger partial charge is 0.452 e. The molecule has 1 saturated heterocycles. The van der Waals surface area contributed by atoms with E-state index >= 15 is 0 Å². The molecular weight excluding hydrogens is 472 g/mol.